The van der Waals surface area contributed by atoms with E-state index in [1.807, 2.05) is 4.90 Å². The first-order chi connectivity index (χ1) is 10.7. The standard InChI is InChI=1S/C18H24N2O2/c1-13-6-7-16-15(10-13)18(12-22-16)8-9-20(11-18)17(21)19-14-4-2-3-5-14/h6-7,10,14H,2-5,8-9,11-12H2,1H3,(H,19,21)/t18-/m1/s1. The fraction of sp³-hybridized carbons (Fsp3) is 0.611. The third-order valence-electron chi connectivity index (χ3n) is 5.53. The Morgan fingerprint density at radius 2 is 2.18 bits per heavy atom. The quantitative estimate of drug-likeness (QED) is 0.866. The van der Waals surface area contributed by atoms with Gasteiger partial charge in [-0.15, -0.1) is 0 Å². The molecule has 4 nitrogen and oxygen atoms in total. The Balaban J connectivity index is 1.49. The fourth-order valence-electron chi connectivity index (χ4n) is 4.20. The number of carbonyl (C=O) groups is 1. The molecule has 4 heteroatoms. The molecule has 1 N–H and O–H groups in total. The van der Waals surface area contributed by atoms with Crippen LogP contribution < -0.4 is 10.1 Å². The van der Waals surface area contributed by atoms with E-state index in [-0.39, 0.29) is 11.4 Å². The Morgan fingerprint density at radius 1 is 1.36 bits per heavy atom. The van der Waals surface area contributed by atoms with Gasteiger partial charge < -0.3 is 15.0 Å². The molecule has 1 aromatic rings. The van der Waals surface area contributed by atoms with E-state index in [9.17, 15) is 4.79 Å². The molecule has 1 saturated carbocycles. The Hall–Kier alpha value is -1.71. The summed E-state index contributed by atoms with van der Waals surface area (Å²) in [5.41, 5.74) is 2.56. The van der Waals surface area contributed by atoms with E-state index in [4.69, 9.17) is 4.74 Å². The minimum atomic E-state index is 0.00830. The predicted molar refractivity (Wildman–Crippen MR) is 85.3 cm³/mol. The highest BCUT2D eigenvalue weighted by Crippen LogP contribution is 2.45. The van der Waals surface area contributed by atoms with Crippen molar-refractivity contribution in [3.8, 4) is 5.75 Å². The second kappa shape index (κ2) is 5.18. The van der Waals surface area contributed by atoms with Crippen molar-refractivity contribution in [2.45, 2.75) is 50.5 Å². The minimum absolute atomic E-state index is 0.00830. The van der Waals surface area contributed by atoms with Crippen molar-refractivity contribution in [1.29, 1.82) is 0 Å². The van der Waals surface area contributed by atoms with Gasteiger partial charge in [0.2, 0.25) is 0 Å². The van der Waals surface area contributed by atoms with E-state index >= 15 is 0 Å². The first-order valence-corrected chi connectivity index (χ1v) is 8.46. The smallest absolute Gasteiger partial charge is 0.317 e. The first-order valence-electron chi connectivity index (χ1n) is 8.46. The van der Waals surface area contributed by atoms with Gasteiger partial charge in [0.1, 0.15) is 5.75 Å². The zero-order valence-electron chi connectivity index (χ0n) is 13.2. The summed E-state index contributed by atoms with van der Waals surface area (Å²) >= 11 is 0. The van der Waals surface area contributed by atoms with Crippen LogP contribution in [0.25, 0.3) is 0 Å². The van der Waals surface area contributed by atoms with Gasteiger partial charge in [-0.05, 0) is 32.3 Å². The lowest BCUT2D eigenvalue weighted by atomic mass is 9.81. The van der Waals surface area contributed by atoms with Gasteiger partial charge in [0.05, 0.1) is 12.0 Å². The van der Waals surface area contributed by atoms with E-state index in [0.29, 0.717) is 12.6 Å². The molecule has 1 aromatic carbocycles. The molecule has 1 saturated heterocycles. The van der Waals surface area contributed by atoms with Crippen molar-refractivity contribution in [1.82, 2.24) is 10.2 Å². The number of nitrogens with one attached hydrogen (secondary N) is 1. The summed E-state index contributed by atoms with van der Waals surface area (Å²) in [7, 11) is 0. The van der Waals surface area contributed by atoms with E-state index in [2.05, 4.69) is 30.4 Å². The van der Waals surface area contributed by atoms with Crippen LogP contribution in [0.15, 0.2) is 18.2 Å². The molecule has 2 aliphatic heterocycles. The number of hydrogen-bond donors (Lipinski definition) is 1. The van der Waals surface area contributed by atoms with Crippen molar-refractivity contribution in [2.24, 2.45) is 0 Å². The van der Waals surface area contributed by atoms with Gasteiger partial charge in [-0.25, -0.2) is 4.79 Å². The van der Waals surface area contributed by atoms with Crippen LogP contribution in [0.2, 0.25) is 0 Å². The molecule has 0 bridgehead atoms. The maximum Gasteiger partial charge on any atom is 0.317 e. The predicted octanol–water partition coefficient (Wildman–Crippen LogP) is 2.98. The molecule has 2 amide bonds. The van der Waals surface area contributed by atoms with Gasteiger partial charge in [0.25, 0.3) is 0 Å². The number of fused-ring (bicyclic) bond motifs is 2. The van der Waals surface area contributed by atoms with Crippen LogP contribution in [-0.4, -0.2) is 36.7 Å². The number of aryl methyl sites for hydroxylation is 1. The Kier molecular flexibility index (Phi) is 3.28. The second-order valence-corrected chi connectivity index (χ2v) is 7.17. The number of likely N-dealkylation sites (tertiary alicyclic amines) is 1. The van der Waals surface area contributed by atoms with E-state index in [1.165, 1.54) is 24.0 Å². The van der Waals surface area contributed by atoms with Crippen LogP contribution >= 0.6 is 0 Å². The summed E-state index contributed by atoms with van der Waals surface area (Å²) < 4.78 is 5.89. The number of nitrogens with zero attached hydrogens (tertiary/aromatic N) is 1. The number of carbonyl (C=O) groups excluding carboxylic acids is 1. The molecule has 0 aromatic heterocycles. The molecule has 0 radical (unpaired) electrons. The molecular formula is C18H24N2O2. The molecule has 118 valence electrons. The minimum Gasteiger partial charge on any atom is -0.492 e. The maximum atomic E-state index is 12.5. The summed E-state index contributed by atoms with van der Waals surface area (Å²) in [4.78, 5) is 14.5. The van der Waals surface area contributed by atoms with Crippen molar-refractivity contribution in [3.05, 3.63) is 29.3 Å². The van der Waals surface area contributed by atoms with E-state index < -0.39 is 0 Å². The van der Waals surface area contributed by atoms with Crippen LogP contribution in [-0.2, 0) is 5.41 Å². The molecule has 3 aliphatic rings. The topological polar surface area (TPSA) is 41.6 Å². The number of rotatable bonds is 1. The number of urea groups is 1. The van der Waals surface area contributed by atoms with Crippen LogP contribution in [0.3, 0.4) is 0 Å². The van der Waals surface area contributed by atoms with Gasteiger partial charge in [-0.2, -0.15) is 0 Å². The van der Waals surface area contributed by atoms with Crippen LogP contribution in [0, 0.1) is 6.92 Å². The van der Waals surface area contributed by atoms with Gasteiger partial charge in [-0.3, -0.25) is 0 Å². The molecule has 1 spiro atoms. The molecule has 0 unspecified atom stereocenters. The van der Waals surface area contributed by atoms with Crippen LogP contribution in [0.4, 0.5) is 4.79 Å². The average Bonchev–Trinajstić information content (AvgIpc) is 3.22. The van der Waals surface area contributed by atoms with Crippen LogP contribution in [0.5, 0.6) is 5.75 Å². The van der Waals surface area contributed by atoms with Gasteiger partial charge in [-0.1, -0.05) is 30.5 Å². The van der Waals surface area contributed by atoms with E-state index in [0.717, 1.165) is 38.1 Å². The van der Waals surface area contributed by atoms with Crippen LogP contribution in [0.1, 0.15) is 43.2 Å². The molecule has 2 heterocycles. The Labute approximate surface area is 131 Å². The largest absolute Gasteiger partial charge is 0.492 e. The lowest BCUT2D eigenvalue weighted by Gasteiger charge is -2.24. The number of amides is 2. The van der Waals surface area contributed by atoms with Crippen molar-refractivity contribution in [2.75, 3.05) is 19.7 Å². The second-order valence-electron chi connectivity index (χ2n) is 7.17. The number of ether oxygens (including phenoxy) is 1. The normalized spacial score (nSPS) is 27.2. The summed E-state index contributed by atoms with van der Waals surface area (Å²) in [5, 5.41) is 3.21. The Bertz CT molecular complexity index is 595. The highest BCUT2D eigenvalue weighted by molar-refractivity contribution is 5.75. The van der Waals surface area contributed by atoms with Crippen molar-refractivity contribution >= 4 is 6.03 Å². The highest BCUT2D eigenvalue weighted by atomic mass is 16.5. The Morgan fingerprint density at radius 3 is 3.00 bits per heavy atom. The molecular weight excluding hydrogens is 276 g/mol. The lowest BCUT2D eigenvalue weighted by molar-refractivity contribution is 0.198. The molecule has 2 fully saturated rings. The lowest BCUT2D eigenvalue weighted by Crippen LogP contribution is -2.44. The third kappa shape index (κ3) is 2.25. The van der Waals surface area contributed by atoms with Crippen molar-refractivity contribution in [3.63, 3.8) is 0 Å². The molecule has 22 heavy (non-hydrogen) atoms. The third-order valence-corrected chi connectivity index (χ3v) is 5.53. The SMILES string of the molecule is Cc1ccc2c(c1)[C@@]1(CCN(C(=O)NC3CCCC3)C1)CO2. The van der Waals surface area contributed by atoms with Crippen molar-refractivity contribution < 1.29 is 9.53 Å². The maximum absolute atomic E-state index is 12.5. The molecule has 4 rings (SSSR count). The molecule has 1 atom stereocenters. The number of hydrogen-bond acceptors (Lipinski definition) is 2. The zero-order chi connectivity index (χ0) is 15.2. The summed E-state index contributed by atoms with van der Waals surface area (Å²) in [6.45, 7) is 4.43. The fourth-order valence-corrected chi connectivity index (χ4v) is 4.20. The van der Waals surface area contributed by atoms with E-state index in [1.54, 1.807) is 0 Å². The molecule has 1 aliphatic carbocycles. The summed E-state index contributed by atoms with van der Waals surface area (Å²) in [6, 6.07) is 6.90. The van der Waals surface area contributed by atoms with Gasteiger partial charge in [0, 0.05) is 24.7 Å². The van der Waals surface area contributed by atoms with Gasteiger partial charge >= 0.3 is 6.03 Å². The first kappa shape index (κ1) is 13.9. The van der Waals surface area contributed by atoms with Gasteiger partial charge in [0.15, 0.2) is 0 Å². The average molecular weight is 300 g/mol. The summed E-state index contributed by atoms with van der Waals surface area (Å²) in [6.07, 6.45) is 5.76. The highest BCUT2D eigenvalue weighted by Gasteiger charge is 2.47. The monoisotopic (exact) mass is 300 g/mol. The number of benzene rings is 1. The zero-order valence-corrected chi connectivity index (χ0v) is 13.2. The summed E-state index contributed by atoms with van der Waals surface area (Å²) in [5.74, 6) is 1.00.